The second-order valence-electron chi connectivity index (χ2n) is 5.86. The van der Waals surface area contributed by atoms with Gasteiger partial charge in [-0.2, -0.15) is 0 Å². The maximum absolute atomic E-state index is 12.7. The molecule has 3 N–H and O–H groups in total. The molecule has 2 heterocycles. The third-order valence-corrected chi connectivity index (χ3v) is 5.93. The second kappa shape index (κ2) is 7.85. The molecule has 0 aliphatic rings. The van der Waals surface area contributed by atoms with Gasteiger partial charge in [-0.25, -0.2) is 9.19 Å². The Bertz CT molecular complexity index is 1080. The zero-order chi connectivity index (χ0) is 18.6. The van der Waals surface area contributed by atoms with Crippen LogP contribution in [0.15, 0.2) is 87.5 Å². The minimum Gasteiger partial charge on any atom is -0.445 e. The number of para-hydroxylation sites is 1. The Morgan fingerprint density at radius 3 is 2.81 bits per heavy atom. The van der Waals surface area contributed by atoms with Crippen molar-refractivity contribution in [1.82, 2.24) is 4.98 Å². The van der Waals surface area contributed by atoms with Crippen LogP contribution in [0.2, 0.25) is 0 Å². The molecule has 2 aromatic carbocycles. The lowest BCUT2D eigenvalue weighted by atomic mass is 10.2. The van der Waals surface area contributed by atoms with Gasteiger partial charge in [0.1, 0.15) is 10.6 Å². The molecular weight excluding hydrogens is 378 g/mol. The number of rotatable bonds is 6. The number of thioether (sulfide) groups is 1. The largest absolute Gasteiger partial charge is 0.445 e. The van der Waals surface area contributed by atoms with Crippen LogP contribution in [0.3, 0.4) is 0 Å². The Morgan fingerprint density at radius 1 is 1.07 bits per heavy atom. The molecule has 4 rings (SSSR count). The molecule has 0 fully saturated rings. The molecule has 1 atom stereocenters. The molecule has 136 valence electrons. The number of pyridine rings is 1. The van der Waals surface area contributed by atoms with Crippen LogP contribution in [0.5, 0.6) is 0 Å². The summed E-state index contributed by atoms with van der Waals surface area (Å²) in [6.07, 6.45) is 1.72. The van der Waals surface area contributed by atoms with Crippen molar-refractivity contribution in [2.75, 3.05) is 10.5 Å². The predicted octanol–water partition coefficient (Wildman–Crippen LogP) is 4.84. The summed E-state index contributed by atoms with van der Waals surface area (Å²) in [6.45, 7) is 0. The highest BCUT2D eigenvalue weighted by molar-refractivity contribution is 7.98. The SMILES string of the molecule is Nc1cccc(CSc2ncccc2NS(=O)c2cc3ccccc3o2)c1. The first-order valence-electron chi connectivity index (χ1n) is 8.28. The van der Waals surface area contributed by atoms with Crippen molar-refractivity contribution >= 4 is 45.1 Å². The van der Waals surface area contributed by atoms with Gasteiger partial charge in [0.2, 0.25) is 5.09 Å². The van der Waals surface area contributed by atoms with Gasteiger partial charge in [0.25, 0.3) is 0 Å². The Labute approximate surface area is 163 Å². The van der Waals surface area contributed by atoms with Crippen molar-refractivity contribution in [3.05, 3.63) is 78.5 Å². The minimum absolute atomic E-state index is 0.381. The fourth-order valence-corrected chi connectivity index (χ4v) is 4.44. The number of benzene rings is 2. The summed E-state index contributed by atoms with van der Waals surface area (Å²) in [5, 5.41) is 2.07. The summed E-state index contributed by atoms with van der Waals surface area (Å²) in [5.41, 5.74) is 9.09. The van der Waals surface area contributed by atoms with Gasteiger partial charge in [0.05, 0.1) is 5.69 Å². The molecule has 0 aliphatic heterocycles. The van der Waals surface area contributed by atoms with E-state index in [-0.39, 0.29) is 0 Å². The molecule has 0 amide bonds. The van der Waals surface area contributed by atoms with Crippen LogP contribution in [0.25, 0.3) is 11.0 Å². The third-order valence-electron chi connectivity index (χ3n) is 3.89. The van der Waals surface area contributed by atoms with Crippen molar-refractivity contribution in [2.24, 2.45) is 0 Å². The number of nitrogens with two attached hydrogens (primary N) is 1. The molecule has 0 radical (unpaired) electrons. The Hall–Kier alpha value is -2.77. The first kappa shape index (κ1) is 17.6. The van der Waals surface area contributed by atoms with Crippen LogP contribution < -0.4 is 10.5 Å². The predicted molar refractivity (Wildman–Crippen MR) is 111 cm³/mol. The summed E-state index contributed by atoms with van der Waals surface area (Å²) in [4.78, 5) is 4.41. The van der Waals surface area contributed by atoms with E-state index in [2.05, 4.69) is 9.71 Å². The van der Waals surface area contributed by atoms with Gasteiger partial charge < -0.3 is 10.2 Å². The van der Waals surface area contributed by atoms with E-state index < -0.39 is 11.0 Å². The van der Waals surface area contributed by atoms with E-state index in [1.807, 2.05) is 60.7 Å². The summed E-state index contributed by atoms with van der Waals surface area (Å²) < 4.78 is 21.4. The van der Waals surface area contributed by atoms with E-state index in [1.54, 1.807) is 24.0 Å². The van der Waals surface area contributed by atoms with Crippen molar-refractivity contribution in [3.8, 4) is 0 Å². The van der Waals surface area contributed by atoms with Gasteiger partial charge in [-0.05, 0) is 35.9 Å². The van der Waals surface area contributed by atoms with Gasteiger partial charge in [-0.1, -0.05) is 42.1 Å². The van der Waals surface area contributed by atoms with Gasteiger partial charge >= 0.3 is 0 Å². The Morgan fingerprint density at radius 2 is 1.96 bits per heavy atom. The van der Waals surface area contributed by atoms with E-state index >= 15 is 0 Å². The number of hydrogen-bond acceptors (Lipinski definition) is 5. The molecule has 4 aromatic rings. The average molecular weight is 396 g/mol. The number of nitrogens with one attached hydrogen (secondary N) is 1. The number of hydrogen-bond donors (Lipinski definition) is 2. The number of anilines is 2. The number of furan rings is 1. The molecule has 0 spiro atoms. The fourth-order valence-electron chi connectivity index (χ4n) is 2.62. The van der Waals surface area contributed by atoms with E-state index in [9.17, 15) is 4.21 Å². The summed E-state index contributed by atoms with van der Waals surface area (Å²) in [5.74, 6) is 0.716. The highest BCUT2D eigenvalue weighted by atomic mass is 32.2. The molecular formula is C20H17N3O2S2. The molecule has 7 heteroatoms. The Balaban J connectivity index is 1.51. The monoisotopic (exact) mass is 395 g/mol. The average Bonchev–Trinajstić information content (AvgIpc) is 3.12. The van der Waals surface area contributed by atoms with Crippen LogP contribution in [-0.2, 0) is 16.7 Å². The standard InChI is InChI=1S/C20H17N3O2S2/c21-16-7-3-5-14(11-16)13-26-20-17(8-4-10-22-20)23-27(24)19-12-15-6-1-2-9-18(15)25-19/h1-12,23H,13,21H2. The van der Waals surface area contributed by atoms with E-state index in [4.69, 9.17) is 10.2 Å². The number of aromatic nitrogens is 1. The zero-order valence-corrected chi connectivity index (χ0v) is 15.9. The van der Waals surface area contributed by atoms with Gasteiger partial charge in [-0.3, -0.25) is 4.72 Å². The molecule has 0 aliphatic carbocycles. The molecule has 0 bridgehead atoms. The fraction of sp³-hybridized carbons (Fsp3) is 0.0500. The lowest BCUT2D eigenvalue weighted by molar-refractivity contribution is 0.504. The van der Waals surface area contributed by atoms with Crippen LogP contribution in [-0.4, -0.2) is 9.19 Å². The zero-order valence-electron chi connectivity index (χ0n) is 14.3. The van der Waals surface area contributed by atoms with Crippen LogP contribution in [0.1, 0.15) is 5.56 Å². The molecule has 2 aromatic heterocycles. The van der Waals surface area contributed by atoms with Crippen LogP contribution in [0, 0.1) is 0 Å². The minimum atomic E-state index is -1.52. The molecule has 1 unspecified atom stereocenters. The summed E-state index contributed by atoms with van der Waals surface area (Å²) in [7, 11) is -1.52. The highest BCUT2D eigenvalue weighted by Crippen LogP contribution is 2.30. The first-order valence-corrected chi connectivity index (χ1v) is 10.4. The van der Waals surface area contributed by atoms with Gasteiger partial charge in [0.15, 0.2) is 11.0 Å². The molecule has 5 nitrogen and oxygen atoms in total. The number of nitrogen functional groups attached to an aromatic ring is 1. The molecule has 27 heavy (non-hydrogen) atoms. The smallest absolute Gasteiger partial charge is 0.212 e. The summed E-state index contributed by atoms with van der Waals surface area (Å²) in [6, 6.07) is 20.8. The summed E-state index contributed by atoms with van der Waals surface area (Å²) >= 11 is 1.56. The number of nitrogens with zero attached hydrogens (tertiary/aromatic N) is 1. The molecule has 0 saturated heterocycles. The van der Waals surface area contributed by atoms with E-state index in [0.29, 0.717) is 22.1 Å². The van der Waals surface area contributed by atoms with Crippen molar-refractivity contribution < 1.29 is 8.63 Å². The normalized spacial score (nSPS) is 12.1. The quantitative estimate of drug-likeness (QED) is 0.361. The third kappa shape index (κ3) is 4.15. The van der Waals surface area contributed by atoms with E-state index in [1.165, 1.54) is 0 Å². The van der Waals surface area contributed by atoms with Gasteiger partial charge in [0, 0.05) is 29.1 Å². The topological polar surface area (TPSA) is 81.1 Å². The lowest BCUT2D eigenvalue weighted by Gasteiger charge is -2.09. The van der Waals surface area contributed by atoms with Crippen LogP contribution in [0.4, 0.5) is 11.4 Å². The maximum Gasteiger partial charge on any atom is 0.212 e. The van der Waals surface area contributed by atoms with Gasteiger partial charge in [-0.15, -0.1) is 0 Å². The molecule has 0 saturated carbocycles. The first-order chi connectivity index (χ1) is 13.2. The van der Waals surface area contributed by atoms with Crippen molar-refractivity contribution in [2.45, 2.75) is 15.9 Å². The van der Waals surface area contributed by atoms with E-state index in [0.717, 1.165) is 21.7 Å². The number of fused-ring (bicyclic) bond motifs is 1. The second-order valence-corrected chi connectivity index (χ2v) is 7.97. The maximum atomic E-state index is 12.7. The lowest BCUT2D eigenvalue weighted by Crippen LogP contribution is -2.05. The Kier molecular flexibility index (Phi) is 5.13. The highest BCUT2D eigenvalue weighted by Gasteiger charge is 2.13. The van der Waals surface area contributed by atoms with Crippen molar-refractivity contribution in [1.29, 1.82) is 0 Å². The van der Waals surface area contributed by atoms with Crippen molar-refractivity contribution in [3.63, 3.8) is 0 Å². The van der Waals surface area contributed by atoms with Crippen LogP contribution >= 0.6 is 11.8 Å².